The van der Waals surface area contributed by atoms with Crippen molar-refractivity contribution >= 4 is 17.4 Å². The SMILES string of the molecule is C=CCn1c(SCc2nnc(-c3ccc([N+](=O)[O-])cc3)o2)nnc1-c1ccccc1OC. The van der Waals surface area contributed by atoms with E-state index in [2.05, 4.69) is 27.0 Å². The lowest BCUT2D eigenvalue weighted by atomic mass is 10.2. The summed E-state index contributed by atoms with van der Waals surface area (Å²) in [5.41, 5.74) is 1.43. The van der Waals surface area contributed by atoms with Crippen LogP contribution in [0.3, 0.4) is 0 Å². The molecule has 2 heterocycles. The van der Waals surface area contributed by atoms with Crippen LogP contribution in [0.4, 0.5) is 5.69 Å². The highest BCUT2D eigenvalue weighted by atomic mass is 32.2. The van der Waals surface area contributed by atoms with Gasteiger partial charge < -0.3 is 9.15 Å². The Morgan fingerprint density at radius 2 is 1.94 bits per heavy atom. The summed E-state index contributed by atoms with van der Waals surface area (Å²) in [6, 6.07) is 13.5. The lowest BCUT2D eigenvalue weighted by Crippen LogP contribution is -2.01. The Morgan fingerprint density at radius 1 is 1.16 bits per heavy atom. The van der Waals surface area contributed by atoms with E-state index in [9.17, 15) is 10.1 Å². The first-order valence-electron chi connectivity index (χ1n) is 9.48. The molecule has 32 heavy (non-hydrogen) atoms. The predicted molar refractivity (Wildman–Crippen MR) is 118 cm³/mol. The number of nitrogens with zero attached hydrogens (tertiary/aromatic N) is 6. The molecule has 4 aromatic rings. The van der Waals surface area contributed by atoms with Crippen molar-refractivity contribution in [1.29, 1.82) is 0 Å². The van der Waals surface area contributed by atoms with Crippen molar-refractivity contribution in [3.8, 4) is 28.6 Å². The maximum atomic E-state index is 10.8. The molecule has 0 unspecified atom stereocenters. The average molecular weight is 450 g/mol. The van der Waals surface area contributed by atoms with Gasteiger partial charge in [0.25, 0.3) is 5.69 Å². The summed E-state index contributed by atoms with van der Waals surface area (Å²) in [4.78, 5) is 10.3. The van der Waals surface area contributed by atoms with Gasteiger partial charge in [-0.05, 0) is 24.3 Å². The van der Waals surface area contributed by atoms with Gasteiger partial charge in [0.15, 0.2) is 11.0 Å². The first-order chi connectivity index (χ1) is 15.6. The van der Waals surface area contributed by atoms with Crippen molar-refractivity contribution in [1.82, 2.24) is 25.0 Å². The topological polar surface area (TPSA) is 122 Å². The molecular weight excluding hydrogens is 432 g/mol. The molecule has 0 N–H and O–H groups in total. The molecule has 0 aliphatic heterocycles. The van der Waals surface area contributed by atoms with Crippen molar-refractivity contribution in [2.24, 2.45) is 0 Å². The van der Waals surface area contributed by atoms with Crippen LogP contribution < -0.4 is 4.74 Å². The first-order valence-corrected chi connectivity index (χ1v) is 10.5. The molecule has 0 saturated carbocycles. The second kappa shape index (κ2) is 9.43. The lowest BCUT2D eigenvalue weighted by Gasteiger charge is -2.10. The molecule has 0 atom stereocenters. The Bertz CT molecular complexity index is 1250. The number of benzene rings is 2. The van der Waals surface area contributed by atoms with Crippen LogP contribution in [0.1, 0.15) is 5.89 Å². The molecule has 0 spiro atoms. The third-order valence-corrected chi connectivity index (χ3v) is 5.44. The van der Waals surface area contributed by atoms with Gasteiger partial charge in [-0.25, -0.2) is 0 Å². The quantitative estimate of drug-likeness (QED) is 0.158. The van der Waals surface area contributed by atoms with Gasteiger partial charge in [-0.3, -0.25) is 14.7 Å². The normalized spacial score (nSPS) is 10.8. The highest BCUT2D eigenvalue weighted by Crippen LogP contribution is 2.32. The van der Waals surface area contributed by atoms with E-state index in [0.29, 0.717) is 40.5 Å². The molecule has 2 aromatic carbocycles. The standard InChI is InChI=1S/C21H18N6O4S/c1-3-12-26-19(16-6-4-5-7-17(16)30-2)23-25-21(26)32-13-18-22-24-20(31-18)14-8-10-15(11-9-14)27(28)29/h3-11H,1,12-13H2,2H3. The van der Waals surface area contributed by atoms with Crippen LogP contribution in [-0.4, -0.2) is 37.0 Å². The summed E-state index contributed by atoms with van der Waals surface area (Å²) in [6.07, 6.45) is 1.77. The number of rotatable bonds is 9. The summed E-state index contributed by atoms with van der Waals surface area (Å²) in [6.45, 7) is 4.34. The molecule has 4 rings (SSSR count). The molecule has 0 aliphatic rings. The number of hydrogen-bond donors (Lipinski definition) is 0. The molecule has 0 aliphatic carbocycles. The molecule has 11 heteroatoms. The Hall–Kier alpha value is -3.99. The van der Waals surface area contributed by atoms with Gasteiger partial charge in [0, 0.05) is 24.2 Å². The number of nitro groups is 1. The van der Waals surface area contributed by atoms with Crippen molar-refractivity contribution in [3.05, 3.63) is 77.2 Å². The van der Waals surface area contributed by atoms with Crippen molar-refractivity contribution in [3.63, 3.8) is 0 Å². The van der Waals surface area contributed by atoms with E-state index in [4.69, 9.17) is 9.15 Å². The Morgan fingerprint density at radius 3 is 2.66 bits per heavy atom. The number of ether oxygens (including phenoxy) is 1. The largest absolute Gasteiger partial charge is 0.496 e. The fourth-order valence-electron chi connectivity index (χ4n) is 3.00. The van der Waals surface area contributed by atoms with Gasteiger partial charge in [0.2, 0.25) is 11.8 Å². The van der Waals surface area contributed by atoms with Crippen molar-refractivity contribution in [2.75, 3.05) is 7.11 Å². The van der Waals surface area contributed by atoms with E-state index >= 15 is 0 Å². The molecule has 0 radical (unpaired) electrons. The highest BCUT2D eigenvalue weighted by molar-refractivity contribution is 7.98. The first kappa shape index (κ1) is 21.2. The van der Waals surface area contributed by atoms with Crippen molar-refractivity contribution in [2.45, 2.75) is 17.5 Å². The van der Waals surface area contributed by atoms with E-state index in [-0.39, 0.29) is 11.6 Å². The second-order valence-corrected chi connectivity index (χ2v) is 7.44. The highest BCUT2D eigenvalue weighted by Gasteiger charge is 2.18. The molecule has 2 aromatic heterocycles. The molecule has 0 saturated heterocycles. The van der Waals surface area contributed by atoms with E-state index in [1.54, 1.807) is 25.3 Å². The van der Waals surface area contributed by atoms with Gasteiger partial charge >= 0.3 is 0 Å². The van der Waals surface area contributed by atoms with Crippen LogP contribution in [-0.2, 0) is 12.3 Å². The predicted octanol–water partition coefficient (Wildman–Crippen LogP) is 4.39. The molecule has 10 nitrogen and oxygen atoms in total. The lowest BCUT2D eigenvalue weighted by molar-refractivity contribution is -0.384. The molecule has 0 bridgehead atoms. The minimum atomic E-state index is -0.460. The van der Waals surface area contributed by atoms with Gasteiger partial charge in [-0.1, -0.05) is 30.0 Å². The fourth-order valence-corrected chi connectivity index (χ4v) is 3.78. The minimum Gasteiger partial charge on any atom is -0.496 e. The van der Waals surface area contributed by atoms with E-state index < -0.39 is 4.92 Å². The van der Waals surface area contributed by atoms with Gasteiger partial charge in [0.05, 0.1) is 23.3 Å². The fraction of sp³-hybridized carbons (Fsp3) is 0.143. The second-order valence-electron chi connectivity index (χ2n) is 6.50. The number of para-hydroxylation sites is 1. The van der Waals surface area contributed by atoms with Gasteiger partial charge in [0.1, 0.15) is 5.75 Å². The molecular formula is C21H18N6O4S. The number of nitro benzene ring substituents is 1. The van der Waals surface area contributed by atoms with Crippen molar-refractivity contribution < 1.29 is 14.1 Å². The third-order valence-electron chi connectivity index (χ3n) is 4.49. The van der Waals surface area contributed by atoms with E-state index in [1.165, 1.54) is 23.9 Å². The van der Waals surface area contributed by atoms with Crippen LogP contribution in [0, 0.1) is 10.1 Å². The Labute approximate surface area is 187 Å². The van der Waals surface area contributed by atoms with E-state index in [1.807, 2.05) is 28.8 Å². The average Bonchev–Trinajstić information content (AvgIpc) is 3.45. The number of methoxy groups -OCH3 is 1. The zero-order valence-corrected chi connectivity index (χ0v) is 17.9. The van der Waals surface area contributed by atoms with Crippen LogP contribution in [0.15, 0.2) is 70.8 Å². The summed E-state index contributed by atoms with van der Waals surface area (Å²) in [5, 5.41) is 28.2. The summed E-state index contributed by atoms with van der Waals surface area (Å²) >= 11 is 1.40. The monoisotopic (exact) mass is 450 g/mol. The van der Waals surface area contributed by atoms with E-state index in [0.717, 1.165) is 5.56 Å². The molecule has 0 amide bonds. The zero-order chi connectivity index (χ0) is 22.5. The summed E-state index contributed by atoms with van der Waals surface area (Å²) < 4.78 is 13.1. The summed E-state index contributed by atoms with van der Waals surface area (Å²) in [5.74, 6) is 2.43. The number of aromatic nitrogens is 5. The van der Waals surface area contributed by atoms with Gasteiger partial charge in [-0.15, -0.1) is 27.0 Å². The maximum absolute atomic E-state index is 10.8. The number of allylic oxidation sites excluding steroid dienone is 1. The van der Waals surface area contributed by atoms with Crippen LogP contribution in [0.2, 0.25) is 0 Å². The zero-order valence-electron chi connectivity index (χ0n) is 17.0. The van der Waals surface area contributed by atoms with Gasteiger partial charge in [-0.2, -0.15) is 0 Å². The number of non-ortho nitro benzene ring substituents is 1. The Balaban J connectivity index is 1.53. The number of thioether (sulfide) groups is 1. The Kier molecular flexibility index (Phi) is 6.26. The number of hydrogen-bond acceptors (Lipinski definition) is 9. The van der Waals surface area contributed by atoms with Crippen LogP contribution in [0.25, 0.3) is 22.8 Å². The molecule has 162 valence electrons. The minimum absolute atomic E-state index is 0.00329. The molecule has 0 fully saturated rings. The third kappa shape index (κ3) is 4.37. The van der Waals surface area contributed by atoms with Crippen LogP contribution >= 0.6 is 11.8 Å². The van der Waals surface area contributed by atoms with Crippen LogP contribution in [0.5, 0.6) is 5.75 Å². The maximum Gasteiger partial charge on any atom is 0.269 e. The summed E-state index contributed by atoms with van der Waals surface area (Å²) in [7, 11) is 1.61. The smallest absolute Gasteiger partial charge is 0.269 e.